The van der Waals surface area contributed by atoms with E-state index in [9.17, 15) is 4.79 Å². The first-order valence-corrected chi connectivity index (χ1v) is 5.38. The van der Waals surface area contributed by atoms with E-state index in [1.807, 2.05) is 6.07 Å². The standard InChI is InChI=1S/C10H10N2O3S/c1-14-10(13)8-7(15-5-11)6-3-2-4-12-9(6)16-8/h2-4H,5,11H2,1H3. The van der Waals surface area contributed by atoms with Crippen LogP contribution in [0.2, 0.25) is 0 Å². The van der Waals surface area contributed by atoms with Crippen LogP contribution in [-0.2, 0) is 4.74 Å². The van der Waals surface area contributed by atoms with Crippen LogP contribution in [0.5, 0.6) is 5.75 Å². The molecular weight excluding hydrogens is 228 g/mol. The van der Waals surface area contributed by atoms with E-state index in [0.717, 1.165) is 10.2 Å². The number of aromatic nitrogens is 1. The molecule has 0 amide bonds. The van der Waals surface area contributed by atoms with Gasteiger partial charge in [-0.1, -0.05) is 0 Å². The molecule has 84 valence electrons. The third kappa shape index (κ3) is 1.72. The van der Waals surface area contributed by atoms with Gasteiger partial charge >= 0.3 is 5.97 Å². The monoisotopic (exact) mass is 238 g/mol. The molecule has 2 heterocycles. The van der Waals surface area contributed by atoms with Crippen molar-refractivity contribution in [3.8, 4) is 5.75 Å². The van der Waals surface area contributed by atoms with Crippen molar-refractivity contribution in [2.75, 3.05) is 13.8 Å². The van der Waals surface area contributed by atoms with Crippen molar-refractivity contribution in [3.63, 3.8) is 0 Å². The molecule has 0 unspecified atom stereocenters. The van der Waals surface area contributed by atoms with Gasteiger partial charge < -0.3 is 9.47 Å². The van der Waals surface area contributed by atoms with Gasteiger partial charge in [0.25, 0.3) is 0 Å². The summed E-state index contributed by atoms with van der Waals surface area (Å²) < 4.78 is 9.94. The molecule has 0 spiro atoms. The van der Waals surface area contributed by atoms with Crippen LogP contribution < -0.4 is 10.5 Å². The lowest BCUT2D eigenvalue weighted by Gasteiger charge is -2.03. The molecule has 5 nitrogen and oxygen atoms in total. The third-order valence-electron chi connectivity index (χ3n) is 2.02. The fourth-order valence-electron chi connectivity index (χ4n) is 1.36. The number of carbonyl (C=O) groups is 1. The number of esters is 1. The van der Waals surface area contributed by atoms with Crippen LogP contribution in [0.25, 0.3) is 10.2 Å². The molecule has 0 aliphatic heterocycles. The van der Waals surface area contributed by atoms with Gasteiger partial charge in [0.05, 0.1) is 12.5 Å². The van der Waals surface area contributed by atoms with Crippen molar-refractivity contribution in [2.45, 2.75) is 0 Å². The Hall–Kier alpha value is -1.66. The van der Waals surface area contributed by atoms with Crippen molar-refractivity contribution in [1.29, 1.82) is 0 Å². The summed E-state index contributed by atoms with van der Waals surface area (Å²) in [6.07, 6.45) is 1.66. The summed E-state index contributed by atoms with van der Waals surface area (Å²) in [6, 6.07) is 3.61. The van der Waals surface area contributed by atoms with Gasteiger partial charge in [-0.3, -0.25) is 5.73 Å². The smallest absolute Gasteiger partial charge is 0.351 e. The maximum Gasteiger partial charge on any atom is 0.351 e. The van der Waals surface area contributed by atoms with Crippen molar-refractivity contribution in [3.05, 3.63) is 23.2 Å². The SMILES string of the molecule is COC(=O)c1sc2ncccc2c1OCN. The van der Waals surface area contributed by atoms with Gasteiger partial charge in [-0.15, -0.1) is 11.3 Å². The number of hydrogen-bond donors (Lipinski definition) is 1. The number of ether oxygens (including phenoxy) is 2. The van der Waals surface area contributed by atoms with Crippen molar-refractivity contribution < 1.29 is 14.3 Å². The minimum absolute atomic E-state index is 0.00468. The molecular formula is C10H10N2O3S. The van der Waals surface area contributed by atoms with E-state index in [0.29, 0.717) is 10.6 Å². The normalized spacial score (nSPS) is 10.4. The Labute approximate surface area is 95.8 Å². The van der Waals surface area contributed by atoms with Gasteiger partial charge in [0.1, 0.15) is 11.6 Å². The highest BCUT2D eigenvalue weighted by atomic mass is 32.1. The predicted octanol–water partition coefficient (Wildman–Crippen LogP) is 1.38. The summed E-state index contributed by atoms with van der Waals surface area (Å²) in [5.41, 5.74) is 5.33. The molecule has 16 heavy (non-hydrogen) atoms. The Morgan fingerprint density at radius 3 is 3.12 bits per heavy atom. The summed E-state index contributed by atoms with van der Waals surface area (Å²) in [5, 5.41) is 0.776. The molecule has 0 fully saturated rings. The van der Waals surface area contributed by atoms with Gasteiger partial charge in [-0.2, -0.15) is 0 Å². The first kappa shape index (κ1) is 10.8. The van der Waals surface area contributed by atoms with E-state index in [-0.39, 0.29) is 6.73 Å². The van der Waals surface area contributed by atoms with Crippen LogP contribution in [0.4, 0.5) is 0 Å². The Balaban J connectivity index is 2.62. The average molecular weight is 238 g/mol. The summed E-state index contributed by atoms with van der Waals surface area (Å²) in [4.78, 5) is 16.8. The molecule has 0 aliphatic rings. The van der Waals surface area contributed by atoms with Crippen molar-refractivity contribution in [1.82, 2.24) is 4.98 Å². The Morgan fingerprint density at radius 2 is 2.44 bits per heavy atom. The van der Waals surface area contributed by atoms with Crippen molar-refractivity contribution in [2.24, 2.45) is 5.73 Å². The zero-order valence-electron chi connectivity index (χ0n) is 8.60. The quantitative estimate of drug-likeness (QED) is 0.645. The molecule has 2 rings (SSSR count). The number of hydrogen-bond acceptors (Lipinski definition) is 6. The van der Waals surface area contributed by atoms with E-state index >= 15 is 0 Å². The van der Waals surface area contributed by atoms with Crippen LogP contribution in [-0.4, -0.2) is 24.8 Å². The van der Waals surface area contributed by atoms with Gasteiger partial charge in [0, 0.05) is 6.20 Å². The first-order chi connectivity index (χ1) is 7.77. The van der Waals surface area contributed by atoms with E-state index in [1.54, 1.807) is 12.3 Å². The summed E-state index contributed by atoms with van der Waals surface area (Å²) in [7, 11) is 1.33. The first-order valence-electron chi connectivity index (χ1n) is 4.56. The molecule has 0 radical (unpaired) electrons. The summed E-state index contributed by atoms with van der Waals surface area (Å²) in [6.45, 7) is 0.00468. The maximum absolute atomic E-state index is 11.5. The fourth-order valence-corrected chi connectivity index (χ4v) is 2.37. The molecule has 0 saturated heterocycles. The number of pyridine rings is 1. The van der Waals surface area contributed by atoms with Crippen LogP contribution in [0.15, 0.2) is 18.3 Å². The molecule has 6 heteroatoms. The van der Waals surface area contributed by atoms with Gasteiger partial charge in [-0.25, -0.2) is 9.78 Å². The van der Waals surface area contributed by atoms with Crippen molar-refractivity contribution >= 4 is 27.5 Å². The average Bonchev–Trinajstić information content (AvgIpc) is 2.68. The lowest BCUT2D eigenvalue weighted by molar-refractivity contribution is 0.0602. The second-order valence-corrected chi connectivity index (χ2v) is 3.92. The Bertz CT molecular complexity index is 524. The number of thiophene rings is 1. The molecule has 2 aromatic rings. The molecule has 2 N–H and O–H groups in total. The highest BCUT2D eigenvalue weighted by molar-refractivity contribution is 7.20. The molecule has 0 saturated carbocycles. The second-order valence-electron chi connectivity index (χ2n) is 2.92. The lowest BCUT2D eigenvalue weighted by atomic mass is 10.3. The maximum atomic E-state index is 11.5. The molecule has 0 bridgehead atoms. The van der Waals surface area contributed by atoms with Crippen LogP contribution in [0.1, 0.15) is 9.67 Å². The zero-order valence-corrected chi connectivity index (χ0v) is 9.41. The molecule has 0 aromatic carbocycles. The Kier molecular flexibility index (Phi) is 3.02. The number of methoxy groups -OCH3 is 1. The molecule has 0 atom stereocenters. The zero-order chi connectivity index (χ0) is 11.5. The molecule has 2 aromatic heterocycles. The van der Waals surface area contributed by atoms with E-state index in [1.165, 1.54) is 18.4 Å². The number of nitrogens with two attached hydrogens (primary N) is 1. The number of nitrogens with zero attached hydrogens (tertiary/aromatic N) is 1. The fraction of sp³-hybridized carbons (Fsp3) is 0.200. The Morgan fingerprint density at radius 1 is 1.62 bits per heavy atom. The summed E-state index contributed by atoms with van der Waals surface area (Å²) in [5.74, 6) is 0.00824. The van der Waals surface area contributed by atoms with Gasteiger partial charge in [0.15, 0.2) is 10.6 Å². The largest absolute Gasteiger partial charge is 0.476 e. The third-order valence-corrected chi connectivity index (χ3v) is 3.09. The topological polar surface area (TPSA) is 74.4 Å². The number of rotatable bonds is 3. The number of carbonyl (C=O) groups excluding carboxylic acids is 1. The van der Waals surface area contributed by atoms with Crippen LogP contribution >= 0.6 is 11.3 Å². The minimum Gasteiger partial charge on any atom is -0.476 e. The molecule has 0 aliphatic carbocycles. The van der Waals surface area contributed by atoms with Gasteiger partial charge in [-0.05, 0) is 12.1 Å². The number of fused-ring (bicyclic) bond motifs is 1. The van der Waals surface area contributed by atoms with Crippen LogP contribution in [0, 0.1) is 0 Å². The summed E-state index contributed by atoms with van der Waals surface area (Å²) >= 11 is 1.23. The highest BCUT2D eigenvalue weighted by Gasteiger charge is 2.20. The minimum atomic E-state index is -0.438. The highest BCUT2D eigenvalue weighted by Crippen LogP contribution is 2.36. The predicted molar refractivity (Wildman–Crippen MR) is 60.6 cm³/mol. The van der Waals surface area contributed by atoms with Crippen LogP contribution in [0.3, 0.4) is 0 Å². The van der Waals surface area contributed by atoms with E-state index < -0.39 is 5.97 Å². The lowest BCUT2D eigenvalue weighted by Crippen LogP contribution is -2.09. The van der Waals surface area contributed by atoms with E-state index in [4.69, 9.17) is 10.5 Å². The van der Waals surface area contributed by atoms with E-state index in [2.05, 4.69) is 9.72 Å². The van der Waals surface area contributed by atoms with Gasteiger partial charge in [0.2, 0.25) is 0 Å². The second kappa shape index (κ2) is 4.46.